The Labute approximate surface area is 141 Å². The van der Waals surface area contributed by atoms with Crippen molar-refractivity contribution in [1.29, 1.82) is 0 Å². The van der Waals surface area contributed by atoms with Crippen LogP contribution >= 0.6 is 0 Å². The minimum absolute atomic E-state index is 0.135. The molecule has 2 heterocycles. The molecule has 0 amide bonds. The third-order valence-corrected chi connectivity index (χ3v) is 3.42. The first-order chi connectivity index (χ1) is 11.8. The molecular weight excluding hydrogens is 340 g/mol. The van der Waals surface area contributed by atoms with Crippen molar-refractivity contribution in [3.8, 4) is 0 Å². The second-order valence-electron chi connectivity index (χ2n) is 5.19. The third-order valence-electron chi connectivity index (χ3n) is 3.42. The highest BCUT2D eigenvalue weighted by atomic mass is 16.7. The molecule has 0 aromatic carbocycles. The van der Waals surface area contributed by atoms with Gasteiger partial charge < -0.3 is 18.9 Å². The van der Waals surface area contributed by atoms with Crippen molar-refractivity contribution in [2.75, 3.05) is 13.7 Å². The molecule has 0 unspecified atom stereocenters. The zero-order chi connectivity index (χ0) is 18.6. The Kier molecular flexibility index (Phi) is 5.70. The van der Waals surface area contributed by atoms with Gasteiger partial charge in [-0.1, -0.05) is 0 Å². The molecule has 1 aromatic heterocycles. The monoisotopic (exact) mass is 356 g/mol. The summed E-state index contributed by atoms with van der Waals surface area (Å²) in [7, 11) is 1.14. The van der Waals surface area contributed by atoms with Crippen molar-refractivity contribution >= 4 is 17.8 Å². The normalized spacial score (nSPS) is 22.2. The van der Waals surface area contributed by atoms with Crippen LogP contribution in [0.1, 0.15) is 19.6 Å². The maximum atomic E-state index is 12.0. The molecule has 25 heavy (non-hydrogen) atoms. The molecule has 136 valence electrons. The predicted octanol–water partition coefficient (Wildman–Crippen LogP) is 0.759. The Balaban J connectivity index is 2.25. The summed E-state index contributed by atoms with van der Waals surface area (Å²) in [5.41, 5.74) is -0.888. The number of nitrogens with zero attached hydrogens (tertiary/aromatic N) is 2. The van der Waals surface area contributed by atoms with Crippen LogP contribution in [0.25, 0.3) is 0 Å². The van der Waals surface area contributed by atoms with Gasteiger partial charge in [-0.3, -0.25) is 24.3 Å². The molecule has 0 radical (unpaired) electrons. The van der Waals surface area contributed by atoms with E-state index in [0.29, 0.717) is 0 Å². The lowest BCUT2D eigenvalue weighted by Gasteiger charge is -2.20. The number of carbonyl (C=O) groups is 2. The Morgan fingerprint density at radius 1 is 1.44 bits per heavy atom. The molecule has 11 nitrogen and oxygen atoms in total. The molecule has 0 spiro atoms. The van der Waals surface area contributed by atoms with Gasteiger partial charge in [0.05, 0.1) is 24.3 Å². The van der Waals surface area contributed by atoms with Crippen molar-refractivity contribution in [3.05, 3.63) is 38.8 Å². The first kappa shape index (κ1) is 18.4. The molecule has 0 N–H and O–H groups in total. The van der Waals surface area contributed by atoms with E-state index in [2.05, 4.69) is 4.74 Å². The van der Waals surface area contributed by atoms with Crippen LogP contribution in [0.15, 0.2) is 23.1 Å². The summed E-state index contributed by atoms with van der Waals surface area (Å²) in [4.78, 5) is 44.6. The van der Waals surface area contributed by atoms with Crippen LogP contribution in [0, 0.1) is 10.1 Å². The molecule has 1 aliphatic rings. The van der Waals surface area contributed by atoms with Gasteiger partial charge in [0.25, 0.3) is 11.2 Å². The van der Waals surface area contributed by atoms with Gasteiger partial charge in [-0.25, -0.2) is 4.79 Å². The summed E-state index contributed by atoms with van der Waals surface area (Å²) in [6.45, 7) is 0.996. The zero-order valence-corrected chi connectivity index (χ0v) is 13.4. The highest BCUT2D eigenvalue weighted by molar-refractivity contribution is 5.66. The third kappa shape index (κ3) is 4.53. The average Bonchev–Trinajstić information content (AvgIpc) is 2.94. The molecule has 1 saturated heterocycles. The number of esters is 1. The molecule has 1 aromatic rings. The summed E-state index contributed by atoms with van der Waals surface area (Å²) in [5.74, 6) is -0.605. The number of hydrogen-bond donors (Lipinski definition) is 0. The smallest absolute Gasteiger partial charge is 0.458 e. The summed E-state index contributed by atoms with van der Waals surface area (Å²) in [6.07, 6.45) is -2.40. The van der Waals surface area contributed by atoms with E-state index in [1.165, 1.54) is 6.92 Å². The lowest BCUT2D eigenvalue weighted by Crippen LogP contribution is -2.32. The van der Waals surface area contributed by atoms with E-state index in [9.17, 15) is 24.5 Å². The molecule has 2 rings (SSSR count). The number of methoxy groups -OCH3 is 1. The van der Waals surface area contributed by atoms with Gasteiger partial charge in [0.15, 0.2) is 6.23 Å². The Morgan fingerprint density at radius 3 is 2.76 bits per heavy atom. The van der Waals surface area contributed by atoms with Crippen molar-refractivity contribution in [2.24, 2.45) is 0 Å². The average molecular weight is 356 g/mol. The van der Waals surface area contributed by atoms with Crippen molar-refractivity contribution in [3.63, 3.8) is 0 Å². The minimum atomic E-state index is -1.08. The van der Waals surface area contributed by atoms with Gasteiger partial charge in [-0.15, -0.1) is 0 Å². The molecule has 11 heteroatoms. The quantitative estimate of drug-likeness (QED) is 0.425. The van der Waals surface area contributed by atoms with Crippen LogP contribution in [-0.2, 0) is 23.7 Å². The number of hydrogen-bond acceptors (Lipinski definition) is 9. The van der Waals surface area contributed by atoms with Gasteiger partial charge in [0.2, 0.25) is 0 Å². The fourth-order valence-electron chi connectivity index (χ4n) is 2.41. The SMILES string of the molecule is COC(=O)OC[C@@H]1C[C@@H](OC(C)=O)[C@H](n2cc([N+](=O)[O-])ccc2=O)O1. The minimum Gasteiger partial charge on any atom is -0.458 e. The first-order valence-electron chi connectivity index (χ1n) is 7.21. The second kappa shape index (κ2) is 7.75. The number of ether oxygens (including phenoxy) is 4. The fourth-order valence-corrected chi connectivity index (χ4v) is 2.41. The number of nitro groups is 1. The second-order valence-corrected chi connectivity index (χ2v) is 5.19. The Morgan fingerprint density at radius 2 is 2.16 bits per heavy atom. The van der Waals surface area contributed by atoms with Gasteiger partial charge in [0, 0.05) is 25.5 Å². The Hall–Kier alpha value is -2.95. The summed E-state index contributed by atoms with van der Waals surface area (Å²) >= 11 is 0. The largest absolute Gasteiger partial charge is 0.508 e. The van der Waals surface area contributed by atoms with Crippen LogP contribution in [0.5, 0.6) is 0 Å². The van der Waals surface area contributed by atoms with Crippen molar-refractivity contribution < 1.29 is 33.5 Å². The highest BCUT2D eigenvalue weighted by Gasteiger charge is 2.40. The van der Waals surface area contributed by atoms with Crippen LogP contribution in [0.4, 0.5) is 10.5 Å². The molecule has 0 bridgehead atoms. The van der Waals surface area contributed by atoms with Crippen molar-refractivity contribution in [2.45, 2.75) is 31.8 Å². The molecule has 0 saturated carbocycles. The number of aromatic nitrogens is 1. The maximum absolute atomic E-state index is 12.0. The summed E-state index contributed by atoms with van der Waals surface area (Å²) < 4.78 is 20.8. The molecule has 1 fully saturated rings. The van der Waals surface area contributed by atoms with E-state index in [-0.39, 0.29) is 18.7 Å². The zero-order valence-electron chi connectivity index (χ0n) is 13.4. The van der Waals surface area contributed by atoms with Gasteiger partial charge in [0.1, 0.15) is 12.7 Å². The van der Waals surface area contributed by atoms with E-state index in [4.69, 9.17) is 14.2 Å². The maximum Gasteiger partial charge on any atom is 0.508 e. The molecule has 1 aliphatic heterocycles. The van der Waals surface area contributed by atoms with E-state index in [1.54, 1.807) is 0 Å². The number of pyridine rings is 1. The summed E-state index contributed by atoms with van der Waals surface area (Å²) in [6, 6.07) is 2.08. The highest BCUT2D eigenvalue weighted by Crippen LogP contribution is 2.31. The molecular formula is C14H16N2O9. The van der Waals surface area contributed by atoms with Crippen LogP contribution in [-0.4, -0.2) is 47.5 Å². The topological polar surface area (TPSA) is 136 Å². The van der Waals surface area contributed by atoms with Gasteiger partial charge in [-0.05, 0) is 0 Å². The lowest BCUT2D eigenvalue weighted by molar-refractivity contribution is -0.385. The van der Waals surface area contributed by atoms with E-state index >= 15 is 0 Å². The fraction of sp³-hybridized carbons (Fsp3) is 0.500. The van der Waals surface area contributed by atoms with Gasteiger partial charge >= 0.3 is 12.1 Å². The molecule has 3 atom stereocenters. The predicted molar refractivity (Wildman–Crippen MR) is 79.8 cm³/mol. The van der Waals surface area contributed by atoms with E-state index in [0.717, 1.165) is 30.0 Å². The number of rotatable bonds is 5. The standard InChI is InChI=1S/C14H16N2O9/c1-8(17)24-11-5-10(7-23-14(19)22-2)25-13(11)15-6-9(16(20)21)3-4-12(15)18/h3-4,6,10-11,13H,5,7H2,1-2H3/t10-,11+,13+/m0/s1. The van der Waals surface area contributed by atoms with Crippen LogP contribution < -0.4 is 5.56 Å². The number of carbonyl (C=O) groups excluding carboxylic acids is 2. The first-order valence-corrected chi connectivity index (χ1v) is 7.21. The lowest BCUT2D eigenvalue weighted by atomic mass is 10.2. The van der Waals surface area contributed by atoms with Gasteiger partial charge in [-0.2, -0.15) is 0 Å². The van der Waals surface area contributed by atoms with E-state index < -0.39 is 41.0 Å². The van der Waals surface area contributed by atoms with Crippen LogP contribution in [0.3, 0.4) is 0 Å². The Bertz CT molecular complexity index is 729. The molecule has 0 aliphatic carbocycles. The van der Waals surface area contributed by atoms with Crippen LogP contribution in [0.2, 0.25) is 0 Å². The van der Waals surface area contributed by atoms with E-state index in [1.807, 2.05) is 0 Å². The summed E-state index contributed by atoms with van der Waals surface area (Å²) in [5, 5.41) is 10.9. The van der Waals surface area contributed by atoms with Crippen molar-refractivity contribution in [1.82, 2.24) is 4.57 Å².